The number of fused-ring (bicyclic) bond motifs is 4. The molecule has 0 aromatic heterocycles. The van der Waals surface area contributed by atoms with E-state index in [4.69, 9.17) is 14.2 Å². The zero-order valence-electron chi connectivity index (χ0n) is 21.2. The average molecular weight is 492 g/mol. The Morgan fingerprint density at radius 3 is 2.27 bits per heavy atom. The summed E-state index contributed by atoms with van der Waals surface area (Å²) in [5.41, 5.74) is 6.28. The number of ketones is 1. The molecule has 5 nitrogen and oxygen atoms in total. The number of benzene rings is 4. The topological polar surface area (TPSA) is 56.8 Å². The molecule has 2 unspecified atom stereocenters. The Kier molecular flexibility index (Phi) is 5.84. The van der Waals surface area contributed by atoms with Gasteiger partial charge in [-0.3, -0.25) is 4.79 Å². The van der Waals surface area contributed by atoms with Gasteiger partial charge in [0.15, 0.2) is 17.3 Å². The monoisotopic (exact) mass is 491 g/mol. The molecule has 4 aromatic carbocycles. The maximum atomic E-state index is 14.0. The van der Waals surface area contributed by atoms with Crippen molar-refractivity contribution < 1.29 is 19.0 Å². The van der Waals surface area contributed by atoms with E-state index in [2.05, 4.69) is 53.8 Å². The van der Waals surface area contributed by atoms with Crippen molar-refractivity contribution in [1.82, 2.24) is 0 Å². The smallest absolute Gasteiger partial charge is 0.162 e. The van der Waals surface area contributed by atoms with Gasteiger partial charge in [0.05, 0.1) is 27.4 Å². The highest BCUT2D eigenvalue weighted by Gasteiger charge is 2.38. The lowest BCUT2D eigenvalue weighted by Gasteiger charge is -2.37. The fourth-order valence-electron chi connectivity index (χ4n) is 5.84. The third-order valence-corrected chi connectivity index (χ3v) is 7.66. The number of hydrogen-bond donors (Lipinski definition) is 1. The summed E-state index contributed by atoms with van der Waals surface area (Å²) in [7, 11) is 4.93. The van der Waals surface area contributed by atoms with Crippen LogP contribution in [0.2, 0.25) is 0 Å². The van der Waals surface area contributed by atoms with Gasteiger partial charge in [-0.05, 0) is 70.1 Å². The van der Waals surface area contributed by atoms with E-state index in [9.17, 15) is 4.79 Å². The number of allylic oxidation sites excluding steroid dienone is 1. The van der Waals surface area contributed by atoms with Crippen molar-refractivity contribution in [2.45, 2.75) is 24.8 Å². The van der Waals surface area contributed by atoms with Crippen LogP contribution >= 0.6 is 0 Å². The molecule has 2 atom stereocenters. The highest BCUT2D eigenvalue weighted by molar-refractivity contribution is 6.13. The molecule has 0 fully saturated rings. The second kappa shape index (κ2) is 9.32. The number of hydrogen-bond acceptors (Lipinski definition) is 5. The molecule has 4 aromatic rings. The molecule has 6 rings (SSSR count). The van der Waals surface area contributed by atoms with Crippen LogP contribution in [0.15, 0.2) is 84.4 Å². The van der Waals surface area contributed by atoms with Crippen LogP contribution in [0.5, 0.6) is 17.2 Å². The van der Waals surface area contributed by atoms with Gasteiger partial charge in [-0.2, -0.15) is 0 Å². The molecule has 0 radical (unpaired) electrons. The largest absolute Gasteiger partial charge is 0.497 e. The highest BCUT2D eigenvalue weighted by atomic mass is 16.5. The summed E-state index contributed by atoms with van der Waals surface area (Å²) in [6.45, 7) is 0. The molecule has 2 aliphatic rings. The average Bonchev–Trinajstić information content (AvgIpc) is 2.95. The van der Waals surface area contributed by atoms with E-state index < -0.39 is 0 Å². The van der Waals surface area contributed by atoms with Crippen molar-refractivity contribution in [3.8, 4) is 17.2 Å². The molecule has 0 amide bonds. The lowest BCUT2D eigenvalue weighted by atomic mass is 9.71. The molecule has 1 aliphatic heterocycles. The normalized spacial score (nSPS) is 18.6. The Bertz CT molecular complexity index is 1540. The van der Waals surface area contributed by atoms with E-state index in [-0.39, 0.29) is 17.7 Å². The molecule has 37 heavy (non-hydrogen) atoms. The third kappa shape index (κ3) is 3.91. The second-order valence-corrected chi connectivity index (χ2v) is 9.59. The second-order valence-electron chi connectivity index (χ2n) is 9.59. The zero-order valence-corrected chi connectivity index (χ0v) is 21.2. The van der Waals surface area contributed by atoms with Crippen LogP contribution < -0.4 is 19.5 Å². The van der Waals surface area contributed by atoms with Crippen LogP contribution in [0.3, 0.4) is 0 Å². The van der Waals surface area contributed by atoms with Gasteiger partial charge in [-0.25, -0.2) is 0 Å². The maximum absolute atomic E-state index is 14.0. The lowest BCUT2D eigenvalue weighted by Crippen LogP contribution is -2.29. The standard InChI is InChI=1S/C32H29NO4/c1-35-23-12-8-19(9-13-23)22-16-25-30-24-7-5-4-6-20(24)10-14-26(30)33-32(31(25)27(34)17-22)21-11-15-28(36-2)29(18-21)37-3/h4-15,18,22,32-33H,16-17H2,1-3H3. The number of methoxy groups -OCH3 is 3. The first kappa shape index (κ1) is 23.2. The first-order chi connectivity index (χ1) is 18.1. The van der Waals surface area contributed by atoms with E-state index in [0.29, 0.717) is 17.9 Å². The Hall–Kier alpha value is -4.25. The molecule has 1 aliphatic carbocycles. The van der Waals surface area contributed by atoms with Crippen LogP contribution in [0.25, 0.3) is 16.3 Å². The summed E-state index contributed by atoms with van der Waals surface area (Å²) >= 11 is 0. The van der Waals surface area contributed by atoms with Gasteiger partial charge in [0.2, 0.25) is 0 Å². The van der Waals surface area contributed by atoms with Gasteiger partial charge in [-0.15, -0.1) is 0 Å². The van der Waals surface area contributed by atoms with Gasteiger partial charge >= 0.3 is 0 Å². The number of nitrogens with one attached hydrogen (secondary N) is 1. The molecule has 5 heteroatoms. The fraction of sp³-hybridized carbons (Fsp3) is 0.219. The van der Waals surface area contributed by atoms with Crippen molar-refractivity contribution in [1.29, 1.82) is 0 Å². The number of carbonyl (C=O) groups excluding carboxylic acids is 1. The predicted molar refractivity (Wildman–Crippen MR) is 147 cm³/mol. The van der Waals surface area contributed by atoms with Crippen molar-refractivity contribution >= 4 is 27.8 Å². The number of rotatable bonds is 5. The Morgan fingerprint density at radius 2 is 1.51 bits per heavy atom. The van der Waals surface area contributed by atoms with E-state index >= 15 is 0 Å². The van der Waals surface area contributed by atoms with Gasteiger partial charge in [0.25, 0.3) is 0 Å². The van der Waals surface area contributed by atoms with E-state index in [1.165, 1.54) is 5.39 Å². The minimum atomic E-state index is -0.271. The quantitative estimate of drug-likeness (QED) is 0.328. The van der Waals surface area contributed by atoms with E-state index in [0.717, 1.165) is 51.1 Å². The van der Waals surface area contributed by atoms with Crippen molar-refractivity contribution in [3.05, 3.63) is 101 Å². The lowest BCUT2D eigenvalue weighted by molar-refractivity contribution is -0.116. The summed E-state index contributed by atoms with van der Waals surface area (Å²) in [5.74, 6) is 2.41. The summed E-state index contributed by atoms with van der Waals surface area (Å²) in [4.78, 5) is 14.0. The van der Waals surface area contributed by atoms with Crippen molar-refractivity contribution in [3.63, 3.8) is 0 Å². The summed E-state index contributed by atoms with van der Waals surface area (Å²) < 4.78 is 16.4. The summed E-state index contributed by atoms with van der Waals surface area (Å²) in [5, 5.41) is 6.03. The number of anilines is 1. The molecule has 0 saturated heterocycles. The van der Waals surface area contributed by atoms with E-state index in [1.54, 1.807) is 21.3 Å². The zero-order chi connectivity index (χ0) is 25.5. The van der Waals surface area contributed by atoms with Crippen LogP contribution in [0.1, 0.15) is 41.5 Å². The molecule has 1 N–H and O–H groups in total. The first-order valence-electron chi connectivity index (χ1n) is 12.5. The van der Waals surface area contributed by atoms with Crippen molar-refractivity contribution in [2.75, 3.05) is 26.6 Å². The van der Waals surface area contributed by atoms with Crippen LogP contribution in [0, 0.1) is 0 Å². The van der Waals surface area contributed by atoms with E-state index in [1.807, 2.05) is 30.3 Å². The molecule has 0 saturated carbocycles. The SMILES string of the molecule is COc1ccc(C2CC(=O)C3=C(C2)c2c(ccc4ccccc24)NC3c2ccc(OC)c(OC)c2)cc1. The molecular formula is C32H29NO4. The molecular weight excluding hydrogens is 462 g/mol. The predicted octanol–water partition coefficient (Wildman–Crippen LogP) is 6.93. The van der Waals surface area contributed by atoms with Crippen molar-refractivity contribution in [2.24, 2.45) is 0 Å². The van der Waals surface area contributed by atoms with Crippen LogP contribution in [0.4, 0.5) is 5.69 Å². The Balaban J connectivity index is 1.53. The fourth-order valence-corrected chi connectivity index (χ4v) is 5.84. The van der Waals surface area contributed by atoms with Gasteiger partial charge < -0.3 is 19.5 Å². The Labute approximate surface area is 216 Å². The highest BCUT2D eigenvalue weighted by Crippen LogP contribution is 2.51. The minimum Gasteiger partial charge on any atom is -0.497 e. The number of Topliss-reactive ketones (excluding diaryl/α,β-unsaturated/α-hetero) is 1. The minimum absolute atomic E-state index is 0.105. The van der Waals surface area contributed by atoms with Gasteiger partial charge in [0.1, 0.15) is 5.75 Å². The Morgan fingerprint density at radius 1 is 0.757 bits per heavy atom. The molecule has 0 bridgehead atoms. The van der Waals surface area contributed by atoms with Crippen LogP contribution in [-0.2, 0) is 4.79 Å². The summed E-state index contributed by atoms with van der Waals surface area (Å²) in [6.07, 6.45) is 1.26. The number of ether oxygens (including phenoxy) is 3. The maximum Gasteiger partial charge on any atom is 0.162 e. The molecule has 186 valence electrons. The third-order valence-electron chi connectivity index (χ3n) is 7.66. The number of carbonyl (C=O) groups is 1. The van der Waals surface area contributed by atoms with Gasteiger partial charge in [-0.1, -0.05) is 48.5 Å². The first-order valence-corrected chi connectivity index (χ1v) is 12.5. The van der Waals surface area contributed by atoms with Crippen LogP contribution in [-0.4, -0.2) is 27.1 Å². The molecule has 1 heterocycles. The van der Waals surface area contributed by atoms with Gasteiger partial charge in [0, 0.05) is 23.2 Å². The molecule has 0 spiro atoms. The summed E-state index contributed by atoms with van der Waals surface area (Å²) in [6, 6.07) is 26.4.